The number of carbonyl (C=O) groups is 3. The molecule has 0 unspecified atom stereocenters. The van der Waals surface area contributed by atoms with Crippen LogP contribution in [0.5, 0.6) is 17.2 Å². The summed E-state index contributed by atoms with van der Waals surface area (Å²) >= 11 is 0. The topological polar surface area (TPSA) is 153 Å². The van der Waals surface area contributed by atoms with E-state index in [0.29, 0.717) is 56.5 Å². The molecule has 3 amide bonds. The summed E-state index contributed by atoms with van der Waals surface area (Å²) in [5, 5.41) is 17.2. The highest BCUT2D eigenvalue weighted by Crippen LogP contribution is 2.33. The third-order valence-corrected chi connectivity index (χ3v) is 14.3. The van der Waals surface area contributed by atoms with Crippen LogP contribution < -0.4 is 14.2 Å². The van der Waals surface area contributed by atoms with Gasteiger partial charge in [-0.25, -0.2) is 0 Å². The molecular formula is C65H68FN9O6. The average Bonchev–Trinajstić information content (AvgIpc) is 4.48. The molecule has 416 valence electrons. The van der Waals surface area contributed by atoms with E-state index in [1.165, 1.54) is 5.69 Å². The summed E-state index contributed by atoms with van der Waals surface area (Å²) in [5.74, 6) is 2.15. The molecule has 6 aromatic carbocycles. The van der Waals surface area contributed by atoms with Crippen LogP contribution in [-0.2, 0) is 66.4 Å². The number of nitrogens with one attached hydrogen (secondary N) is 1. The van der Waals surface area contributed by atoms with Gasteiger partial charge in [-0.2, -0.15) is 15.3 Å². The number of nitrogens with zero attached hydrogens (tertiary/aromatic N) is 8. The van der Waals surface area contributed by atoms with Gasteiger partial charge >= 0.3 is 0 Å². The molecule has 0 saturated carbocycles. The fourth-order valence-electron chi connectivity index (χ4n) is 10.2. The van der Waals surface area contributed by atoms with Gasteiger partial charge in [-0.15, -0.1) is 0 Å². The second kappa shape index (κ2) is 28.0. The number of carbonyl (C=O) groups excluding carboxylic acids is 3. The van der Waals surface area contributed by atoms with Crippen molar-refractivity contribution in [3.05, 3.63) is 216 Å². The summed E-state index contributed by atoms with van der Waals surface area (Å²) in [6.07, 6.45) is 2.38. The maximum Gasteiger partial charge on any atom is 0.260 e. The smallest absolute Gasteiger partial charge is 0.260 e. The molecule has 0 aliphatic carbocycles. The minimum atomic E-state index is -1.00. The lowest BCUT2D eigenvalue weighted by molar-refractivity contribution is -0.135. The maximum atomic E-state index is 12.7. The zero-order chi connectivity index (χ0) is 57.0. The van der Waals surface area contributed by atoms with Crippen LogP contribution in [0.1, 0.15) is 49.0 Å². The molecule has 0 saturated heterocycles. The van der Waals surface area contributed by atoms with Gasteiger partial charge in [0.1, 0.15) is 17.2 Å². The number of halogens is 1. The number of aryl methyl sites for hydroxylation is 2. The first-order valence-electron chi connectivity index (χ1n) is 28.1. The molecule has 0 fully saturated rings. The van der Waals surface area contributed by atoms with Crippen LogP contribution in [0.3, 0.4) is 0 Å². The van der Waals surface area contributed by atoms with Gasteiger partial charge < -0.3 is 28.9 Å². The predicted molar refractivity (Wildman–Crippen MR) is 311 cm³/mol. The molecule has 12 rings (SSSR count). The molecule has 16 heteroatoms. The first-order valence-corrected chi connectivity index (χ1v) is 27.4. The minimum absolute atomic E-state index is 0.00489. The Morgan fingerprint density at radius 1 is 0.494 bits per heavy atom. The molecule has 9 aromatic rings. The van der Waals surface area contributed by atoms with Gasteiger partial charge in [0.2, 0.25) is 0 Å². The van der Waals surface area contributed by atoms with E-state index in [1.807, 2.05) is 172 Å². The van der Waals surface area contributed by atoms with Crippen LogP contribution in [0.15, 0.2) is 182 Å². The van der Waals surface area contributed by atoms with Gasteiger partial charge in [-0.1, -0.05) is 146 Å². The van der Waals surface area contributed by atoms with Gasteiger partial charge in [-0.3, -0.25) is 33.2 Å². The number of fused-ring (bicyclic) bond motifs is 3. The fourth-order valence-corrected chi connectivity index (χ4v) is 10.2. The summed E-state index contributed by atoms with van der Waals surface area (Å²) < 4.78 is 36.5. The number of ether oxygens (including phenoxy) is 3. The van der Waals surface area contributed by atoms with Gasteiger partial charge in [0.15, 0.2) is 19.8 Å². The quantitative estimate of drug-likeness (QED) is 0.112. The largest absolute Gasteiger partial charge is 0.484 e. The van der Waals surface area contributed by atoms with Crippen molar-refractivity contribution >= 4 is 17.7 Å². The molecule has 3 aliphatic rings. The van der Waals surface area contributed by atoms with Crippen LogP contribution in [-0.4, -0.2) is 109 Å². The monoisotopic (exact) mass is 1090 g/mol. The van der Waals surface area contributed by atoms with E-state index < -0.39 is 7.15 Å². The third kappa shape index (κ3) is 14.1. The molecule has 81 heavy (non-hydrogen) atoms. The molecule has 15 nitrogen and oxygen atoms in total. The Hall–Kier alpha value is -9.31. The maximum absolute atomic E-state index is 12.7. The van der Waals surface area contributed by atoms with E-state index in [0.717, 1.165) is 94.2 Å². The van der Waals surface area contributed by atoms with Crippen LogP contribution >= 0.6 is 0 Å². The summed E-state index contributed by atoms with van der Waals surface area (Å²) in [7, 11) is -1.00. The zero-order valence-corrected chi connectivity index (χ0v) is 45.8. The SMILES string of the molecule is CCn1nc(-c2ccccc2)c2c1CCN(C(=O)COc1ccccc1)C2.CCn1nc2c(c1-c1ccccc1)CN(C(=O)COc1ccccc1)CC2.O=C(COc1ccccc1)N1CCc2[nH]nc(-c3ccccc3)c2C1.[2H]CF. The van der Waals surface area contributed by atoms with Crippen molar-refractivity contribution in [2.75, 3.05) is 46.6 Å². The molecule has 0 atom stereocenters. The van der Waals surface area contributed by atoms with Gasteiger partial charge in [-0.05, 0) is 50.2 Å². The molecule has 0 radical (unpaired) electrons. The van der Waals surface area contributed by atoms with Crippen molar-refractivity contribution in [2.45, 2.75) is 65.8 Å². The lowest BCUT2D eigenvalue weighted by atomic mass is 10.0. The van der Waals surface area contributed by atoms with E-state index in [9.17, 15) is 18.8 Å². The highest BCUT2D eigenvalue weighted by Gasteiger charge is 2.30. The number of hydrogen-bond donors (Lipinski definition) is 1. The number of amides is 3. The van der Waals surface area contributed by atoms with Crippen LogP contribution in [0.2, 0.25) is 0 Å². The van der Waals surface area contributed by atoms with Gasteiger partial charge in [0.05, 0.1) is 31.3 Å². The fraction of sp³-hybridized carbons (Fsp3) is 0.262. The second-order valence-electron chi connectivity index (χ2n) is 19.3. The molecule has 6 heterocycles. The van der Waals surface area contributed by atoms with Crippen LogP contribution in [0, 0.1) is 0 Å². The number of para-hydroxylation sites is 3. The molecule has 0 bridgehead atoms. The van der Waals surface area contributed by atoms with Crippen molar-refractivity contribution in [3.63, 3.8) is 0 Å². The Kier molecular flexibility index (Phi) is 19.0. The van der Waals surface area contributed by atoms with E-state index in [1.54, 1.807) is 0 Å². The van der Waals surface area contributed by atoms with Gasteiger partial charge in [0, 0.05) is 116 Å². The first kappa shape index (κ1) is 55.0. The van der Waals surface area contributed by atoms with Crippen molar-refractivity contribution in [1.29, 1.82) is 0 Å². The minimum Gasteiger partial charge on any atom is -0.484 e. The molecular weight excluding hydrogens is 1020 g/mol. The van der Waals surface area contributed by atoms with Crippen molar-refractivity contribution in [2.24, 2.45) is 0 Å². The normalized spacial score (nSPS) is 13.2. The molecule has 1 N–H and O–H groups in total. The Balaban J connectivity index is 0.000000145. The summed E-state index contributed by atoms with van der Waals surface area (Å²) in [6.45, 7) is 9.79. The number of rotatable bonds is 14. The number of aromatic amines is 1. The van der Waals surface area contributed by atoms with Crippen LogP contribution in [0.25, 0.3) is 33.8 Å². The van der Waals surface area contributed by atoms with Crippen molar-refractivity contribution < 1.29 is 34.4 Å². The van der Waals surface area contributed by atoms with Crippen molar-refractivity contribution in [3.8, 4) is 51.0 Å². The number of alkyl halides is 1. The molecule has 3 aromatic heterocycles. The Morgan fingerprint density at radius 2 is 0.889 bits per heavy atom. The first-order chi connectivity index (χ1) is 40.2. The van der Waals surface area contributed by atoms with Gasteiger partial charge in [0.25, 0.3) is 17.7 Å². The van der Waals surface area contributed by atoms with E-state index in [-0.39, 0.29) is 37.5 Å². The van der Waals surface area contributed by atoms with E-state index in [2.05, 4.69) is 57.7 Å². The summed E-state index contributed by atoms with van der Waals surface area (Å²) in [5.41, 5.74) is 13.2. The molecule has 3 aliphatic heterocycles. The molecule has 0 spiro atoms. The zero-order valence-electron chi connectivity index (χ0n) is 46.8. The van der Waals surface area contributed by atoms with E-state index in [4.69, 9.17) is 25.8 Å². The third-order valence-electron chi connectivity index (χ3n) is 14.3. The van der Waals surface area contributed by atoms with Crippen molar-refractivity contribution in [1.82, 2.24) is 44.5 Å². The standard InChI is InChI=1S/2C22H23N3O2.C20H19N3O2.CH3F/c1-2-25-20-13-14-24(21(26)16-27-18-11-7-4-8-12-18)15-19(20)22(23-25)17-9-5-3-6-10-17;1-2-25-22(17-9-5-3-6-10-17)19-15-24(14-13-20(19)23-25)21(26)16-27-18-11-7-4-8-12-18;24-19(14-25-16-9-5-2-6-10-16)23-12-11-18-17(13-23)20(22-21-18)15-7-3-1-4-8-15;1-2/h2*3-12H,2,13-16H2,1H3;1-10H,11-14H2,(H,21,22);1H3/i;;;1D. The highest BCUT2D eigenvalue weighted by atomic mass is 19.1. The average molecular weight is 1090 g/mol. The highest BCUT2D eigenvalue weighted by molar-refractivity contribution is 5.80. The Morgan fingerprint density at radius 3 is 1.36 bits per heavy atom. The predicted octanol–water partition coefficient (Wildman–Crippen LogP) is 10.7. The summed E-state index contributed by atoms with van der Waals surface area (Å²) in [4.78, 5) is 43.5. The lowest BCUT2D eigenvalue weighted by Crippen LogP contribution is -2.39. The number of H-pyrrole nitrogens is 1. The van der Waals surface area contributed by atoms with E-state index >= 15 is 0 Å². The van der Waals surface area contributed by atoms with Crippen LogP contribution in [0.4, 0.5) is 4.39 Å². The second-order valence-corrected chi connectivity index (χ2v) is 19.3. The lowest BCUT2D eigenvalue weighted by Gasteiger charge is -2.28. The number of hydrogen-bond acceptors (Lipinski definition) is 9. The number of benzene rings is 6. The number of aromatic nitrogens is 6. The Bertz CT molecular complexity index is 3400. The summed E-state index contributed by atoms with van der Waals surface area (Å²) in [6, 6.07) is 58.8. The Labute approximate surface area is 473 Å².